The Hall–Kier alpha value is -0.770. The number of halogens is 1. The molecule has 1 N–H and O–H groups in total. The van der Waals surface area contributed by atoms with Crippen molar-refractivity contribution in [3.63, 3.8) is 0 Å². The quantitative estimate of drug-likeness (QED) is 0.842. The Morgan fingerprint density at radius 2 is 2.11 bits per heavy atom. The second-order valence-electron chi connectivity index (χ2n) is 5.07. The highest BCUT2D eigenvalue weighted by molar-refractivity contribution is 6.31. The third-order valence-corrected chi connectivity index (χ3v) is 3.99. The van der Waals surface area contributed by atoms with Crippen LogP contribution in [0.5, 0.6) is 5.75 Å². The van der Waals surface area contributed by atoms with E-state index in [4.69, 9.17) is 21.1 Å². The lowest BCUT2D eigenvalue weighted by Crippen LogP contribution is -2.28. The lowest BCUT2D eigenvalue weighted by atomic mass is 9.91. The van der Waals surface area contributed by atoms with Crippen LogP contribution in [-0.4, -0.2) is 26.5 Å². The van der Waals surface area contributed by atoms with Crippen LogP contribution in [-0.2, 0) is 11.2 Å². The van der Waals surface area contributed by atoms with Crippen LogP contribution in [0.4, 0.5) is 0 Å². The molecule has 1 fully saturated rings. The van der Waals surface area contributed by atoms with Gasteiger partial charge in [0.1, 0.15) is 5.75 Å². The molecule has 19 heavy (non-hydrogen) atoms. The molecule has 4 heteroatoms. The molecule has 1 aliphatic rings. The Balaban J connectivity index is 2.03. The van der Waals surface area contributed by atoms with Gasteiger partial charge < -0.3 is 14.8 Å². The second-order valence-corrected chi connectivity index (χ2v) is 5.48. The van der Waals surface area contributed by atoms with Crippen molar-refractivity contribution in [1.29, 1.82) is 0 Å². The third kappa shape index (κ3) is 4.37. The summed E-state index contributed by atoms with van der Waals surface area (Å²) in [5.74, 6) is 1.54. The molecule has 1 unspecified atom stereocenters. The van der Waals surface area contributed by atoms with Gasteiger partial charge in [0, 0.05) is 12.1 Å². The van der Waals surface area contributed by atoms with Crippen molar-refractivity contribution in [3.05, 3.63) is 28.8 Å². The molecule has 0 amide bonds. The Morgan fingerprint density at radius 1 is 1.37 bits per heavy atom. The molecule has 0 bridgehead atoms. The molecule has 0 spiro atoms. The average molecular weight is 284 g/mol. The zero-order valence-corrected chi connectivity index (χ0v) is 12.4. The fourth-order valence-electron chi connectivity index (χ4n) is 2.42. The van der Waals surface area contributed by atoms with E-state index in [1.165, 1.54) is 18.4 Å². The van der Waals surface area contributed by atoms with Crippen LogP contribution in [0.25, 0.3) is 0 Å². The van der Waals surface area contributed by atoms with E-state index in [2.05, 4.69) is 5.32 Å². The molecule has 0 aromatic heterocycles. The van der Waals surface area contributed by atoms with Crippen LogP contribution in [0.3, 0.4) is 0 Å². The fraction of sp³-hybridized carbons (Fsp3) is 0.600. The van der Waals surface area contributed by atoms with Crippen LogP contribution < -0.4 is 10.1 Å². The summed E-state index contributed by atoms with van der Waals surface area (Å²) in [5, 5.41) is 4.22. The van der Waals surface area contributed by atoms with E-state index >= 15 is 0 Å². The van der Waals surface area contributed by atoms with Gasteiger partial charge in [0.25, 0.3) is 0 Å². The van der Waals surface area contributed by atoms with Gasteiger partial charge in [-0.05, 0) is 69.0 Å². The molecule has 106 valence electrons. The predicted octanol–water partition coefficient (Wildman–Crippen LogP) is 3.25. The normalized spacial score (nSPS) is 18.3. The highest BCUT2D eigenvalue weighted by Crippen LogP contribution is 2.27. The van der Waals surface area contributed by atoms with Gasteiger partial charge in [-0.3, -0.25) is 0 Å². The first-order valence-electron chi connectivity index (χ1n) is 6.87. The first kappa shape index (κ1) is 14.6. The molecule has 3 nitrogen and oxygen atoms in total. The smallest absolute Gasteiger partial charge is 0.196 e. The number of hydrogen-bond acceptors (Lipinski definition) is 3. The zero-order chi connectivity index (χ0) is 13.7. The largest absolute Gasteiger partial charge is 0.465 e. The zero-order valence-electron chi connectivity index (χ0n) is 11.6. The van der Waals surface area contributed by atoms with Gasteiger partial charge in [0.05, 0.1) is 0 Å². The maximum atomic E-state index is 6.28. The standard InChI is InChI=1S/C15H22ClNO2/c1-11(18-2)19-14-3-4-15(16)13(10-14)9-12-5-7-17-8-6-12/h3-4,10-12,17H,5-9H2,1-2H3. The van der Waals surface area contributed by atoms with E-state index < -0.39 is 0 Å². The van der Waals surface area contributed by atoms with Crippen LogP contribution in [0, 0.1) is 5.92 Å². The summed E-state index contributed by atoms with van der Waals surface area (Å²) < 4.78 is 10.8. The molecule has 0 saturated carbocycles. The minimum absolute atomic E-state index is 0.243. The minimum atomic E-state index is -0.243. The number of ether oxygens (including phenoxy) is 2. The van der Waals surface area contributed by atoms with E-state index in [-0.39, 0.29) is 6.29 Å². The molecule has 2 rings (SSSR count). The van der Waals surface area contributed by atoms with E-state index in [0.29, 0.717) is 5.92 Å². The van der Waals surface area contributed by atoms with Gasteiger partial charge in [-0.1, -0.05) is 11.6 Å². The highest BCUT2D eigenvalue weighted by Gasteiger charge is 2.15. The van der Waals surface area contributed by atoms with Gasteiger partial charge >= 0.3 is 0 Å². The van der Waals surface area contributed by atoms with E-state index in [9.17, 15) is 0 Å². The number of nitrogens with one attached hydrogen (secondary N) is 1. The summed E-state index contributed by atoms with van der Waals surface area (Å²) in [4.78, 5) is 0. The van der Waals surface area contributed by atoms with E-state index in [0.717, 1.165) is 30.3 Å². The molecule has 0 radical (unpaired) electrons. The Labute approximate surface area is 120 Å². The number of rotatable bonds is 5. The molecular formula is C15H22ClNO2. The Kier molecular flexibility index (Phi) is 5.49. The summed E-state index contributed by atoms with van der Waals surface area (Å²) in [6, 6.07) is 5.85. The first-order chi connectivity index (χ1) is 9.19. The van der Waals surface area contributed by atoms with Crippen molar-refractivity contribution >= 4 is 11.6 Å². The van der Waals surface area contributed by atoms with Gasteiger partial charge in [-0.2, -0.15) is 0 Å². The molecule has 0 aliphatic carbocycles. The van der Waals surface area contributed by atoms with Crippen LogP contribution in [0.15, 0.2) is 18.2 Å². The molecule has 1 heterocycles. The minimum Gasteiger partial charge on any atom is -0.465 e. The van der Waals surface area contributed by atoms with Crippen LogP contribution in [0.1, 0.15) is 25.3 Å². The van der Waals surface area contributed by atoms with Crippen molar-refractivity contribution in [2.75, 3.05) is 20.2 Å². The number of benzene rings is 1. The number of piperidine rings is 1. The second kappa shape index (κ2) is 7.13. The molecule has 1 aromatic rings. The summed E-state index contributed by atoms with van der Waals surface area (Å²) in [6.45, 7) is 4.10. The fourth-order valence-corrected chi connectivity index (χ4v) is 2.61. The summed E-state index contributed by atoms with van der Waals surface area (Å²) >= 11 is 6.28. The topological polar surface area (TPSA) is 30.5 Å². The van der Waals surface area contributed by atoms with Crippen molar-refractivity contribution in [2.45, 2.75) is 32.5 Å². The van der Waals surface area contributed by atoms with Crippen molar-refractivity contribution in [3.8, 4) is 5.75 Å². The van der Waals surface area contributed by atoms with Crippen molar-refractivity contribution in [2.24, 2.45) is 5.92 Å². The Morgan fingerprint density at radius 3 is 2.79 bits per heavy atom. The number of hydrogen-bond donors (Lipinski definition) is 1. The molecule has 1 saturated heterocycles. The molecular weight excluding hydrogens is 262 g/mol. The lowest BCUT2D eigenvalue weighted by Gasteiger charge is -2.23. The maximum absolute atomic E-state index is 6.28. The molecule has 1 aliphatic heterocycles. The molecule has 1 aromatic carbocycles. The maximum Gasteiger partial charge on any atom is 0.196 e. The van der Waals surface area contributed by atoms with Gasteiger partial charge in [0.15, 0.2) is 6.29 Å². The summed E-state index contributed by atoms with van der Waals surface area (Å²) in [5.41, 5.74) is 1.18. The van der Waals surface area contributed by atoms with Gasteiger partial charge in [-0.15, -0.1) is 0 Å². The lowest BCUT2D eigenvalue weighted by molar-refractivity contribution is -0.0383. The van der Waals surface area contributed by atoms with Gasteiger partial charge in [-0.25, -0.2) is 0 Å². The first-order valence-corrected chi connectivity index (χ1v) is 7.25. The molecule has 1 atom stereocenters. The average Bonchev–Trinajstić information content (AvgIpc) is 2.43. The number of methoxy groups -OCH3 is 1. The van der Waals surface area contributed by atoms with E-state index in [1.54, 1.807) is 7.11 Å². The predicted molar refractivity (Wildman–Crippen MR) is 77.8 cm³/mol. The third-order valence-electron chi connectivity index (χ3n) is 3.62. The SMILES string of the molecule is COC(C)Oc1ccc(Cl)c(CC2CCNCC2)c1. The van der Waals surface area contributed by atoms with Gasteiger partial charge in [0.2, 0.25) is 0 Å². The highest BCUT2D eigenvalue weighted by atomic mass is 35.5. The van der Waals surface area contributed by atoms with Crippen LogP contribution >= 0.6 is 11.6 Å². The summed E-state index contributed by atoms with van der Waals surface area (Å²) in [6.07, 6.45) is 3.22. The van der Waals surface area contributed by atoms with Crippen molar-refractivity contribution in [1.82, 2.24) is 5.32 Å². The van der Waals surface area contributed by atoms with Crippen molar-refractivity contribution < 1.29 is 9.47 Å². The van der Waals surface area contributed by atoms with Crippen LogP contribution in [0.2, 0.25) is 5.02 Å². The van der Waals surface area contributed by atoms with E-state index in [1.807, 2.05) is 25.1 Å². The monoisotopic (exact) mass is 283 g/mol. The summed E-state index contributed by atoms with van der Waals surface area (Å²) in [7, 11) is 1.64. The Bertz CT molecular complexity index is 405.